The fourth-order valence-electron chi connectivity index (χ4n) is 6.18. The van der Waals surface area contributed by atoms with Crippen molar-refractivity contribution in [1.29, 1.82) is 0 Å². The number of aliphatic hydroxyl groups is 1. The molecule has 0 spiro atoms. The molecule has 0 aliphatic carbocycles. The zero-order valence-electron chi connectivity index (χ0n) is 33.7. The number of carbonyl (C=O) groups is 4. The quantitative estimate of drug-likeness (QED) is 0.0823. The molecule has 17 heteroatoms. The molecule has 3 aromatic rings. The lowest BCUT2D eigenvalue weighted by atomic mass is 10.1. The van der Waals surface area contributed by atoms with Crippen molar-refractivity contribution in [3.05, 3.63) is 52.1 Å². The largest absolute Gasteiger partial charge is 0.390 e. The number of nitrogens with zero attached hydrogens (tertiary/aromatic N) is 4. The standard InChI is InChI=1S/C40H58N8O9/c1-6-34-33(51)20-32(57-34)21-35(52)41-15-17-56-19-18-55-16-7-8-31(50)14-9-26(4)44-38(53)28-10-12-30(13-11-28)48(27(5)49)24-29-23-42-37-36(45-29)39(54)47-40(46-37)43-22-25(2)3/h10-13,23,25-26,32-34,51H,6-9,14-22,24H2,1-5H3,(H,41,52)(H,44,53)(H2,42,43,46,47,54)/t26-,32+,33?,34-/m1/s1. The van der Waals surface area contributed by atoms with Crippen molar-refractivity contribution < 1.29 is 38.5 Å². The van der Waals surface area contributed by atoms with Gasteiger partial charge in [-0.1, -0.05) is 20.8 Å². The fourth-order valence-corrected chi connectivity index (χ4v) is 6.18. The summed E-state index contributed by atoms with van der Waals surface area (Å²) >= 11 is 0. The van der Waals surface area contributed by atoms with Gasteiger partial charge in [0.15, 0.2) is 11.2 Å². The number of Topliss-reactive ketones (excluding diaryl/α,β-unsaturated/α-hetero) is 1. The molecule has 17 nitrogen and oxygen atoms in total. The number of carbonyl (C=O) groups excluding carboxylic acids is 4. The summed E-state index contributed by atoms with van der Waals surface area (Å²) in [4.78, 5) is 80.0. The number of ether oxygens (including phenoxy) is 3. The van der Waals surface area contributed by atoms with Crippen molar-refractivity contribution in [2.45, 2.75) is 110 Å². The number of amides is 3. The topological polar surface area (TPSA) is 227 Å². The number of nitrogens with one attached hydrogen (secondary N) is 4. The molecule has 0 saturated carbocycles. The zero-order valence-corrected chi connectivity index (χ0v) is 33.7. The van der Waals surface area contributed by atoms with Gasteiger partial charge in [0.2, 0.25) is 17.8 Å². The highest BCUT2D eigenvalue weighted by molar-refractivity contribution is 5.96. The van der Waals surface area contributed by atoms with Crippen molar-refractivity contribution >= 4 is 46.3 Å². The first-order valence-electron chi connectivity index (χ1n) is 19.8. The molecule has 1 saturated heterocycles. The maximum atomic E-state index is 12.9. The second kappa shape index (κ2) is 22.8. The molecule has 4 rings (SSSR count). The molecule has 4 atom stereocenters. The van der Waals surface area contributed by atoms with Gasteiger partial charge in [-0.3, -0.25) is 29.0 Å². The third-order valence-electron chi connectivity index (χ3n) is 9.32. The van der Waals surface area contributed by atoms with Crippen LogP contribution in [0.5, 0.6) is 0 Å². The fraction of sp³-hybridized carbons (Fsp3) is 0.600. The Labute approximate surface area is 333 Å². The number of hydrogen-bond donors (Lipinski definition) is 5. The van der Waals surface area contributed by atoms with E-state index in [1.807, 2.05) is 27.7 Å². The maximum Gasteiger partial charge on any atom is 0.280 e. The Balaban J connectivity index is 1.09. The average molecular weight is 795 g/mol. The van der Waals surface area contributed by atoms with E-state index < -0.39 is 11.7 Å². The summed E-state index contributed by atoms with van der Waals surface area (Å²) in [5, 5.41) is 18.7. The minimum atomic E-state index is -0.515. The molecule has 5 N–H and O–H groups in total. The molecule has 312 valence electrons. The second-order valence-electron chi connectivity index (χ2n) is 14.7. The van der Waals surface area contributed by atoms with E-state index in [0.717, 1.165) is 0 Å². The summed E-state index contributed by atoms with van der Waals surface area (Å²) < 4.78 is 16.7. The van der Waals surface area contributed by atoms with Crippen molar-refractivity contribution in [3.8, 4) is 0 Å². The summed E-state index contributed by atoms with van der Waals surface area (Å²) in [6, 6.07) is 6.33. The highest BCUT2D eigenvalue weighted by atomic mass is 16.5. The first-order valence-corrected chi connectivity index (χ1v) is 19.8. The highest BCUT2D eigenvalue weighted by Crippen LogP contribution is 2.24. The Bertz CT molecular complexity index is 1840. The van der Waals surface area contributed by atoms with Gasteiger partial charge in [-0.05, 0) is 56.4 Å². The molecule has 0 bridgehead atoms. The Morgan fingerprint density at radius 3 is 2.46 bits per heavy atom. The number of H-pyrrole nitrogens is 1. The summed E-state index contributed by atoms with van der Waals surface area (Å²) in [5.74, 6) is 0.0592. The lowest BCUT2D eigenvalue weighted by molar-refractivity contribution is -0.124. The van der Waals surface area contributed by atoms with Crippen molar-refractivity contribution in [1.82, 2.24) is 30.6 Å². The number of hydrogen-bond acceptors (Lipinski definition) is 13. The molecular weight excluding hydrogens is 736 g/mol. The summed E-state index contributed by atoms with van der Waals surface area (Å²) in [7, 11) is 0. The number of rotatable bonds is 24. The van der Waals surface area contributed by atoms with Crippen LogP contribution in [0.2, 0.25) is 0 Å². The third-order valence-corrected chi connectivity index (χ3v) is 9.32. The van der Waals surface area contributed by atoms with Gasteiger partial charge in [-0.25, -0.2) is 9.97 Å². The molecule has 3 heterocycles. The lowest BCUT2D eigenvalue weighted by Gasteiger charge is -2.21. The molecule has 1 aliphatic heterocycles. The van der Waals surface area contributed by atoms with E-state index in [0.29, 0.717) is 107 Å². The van der Waals surface area contributed by atoms with Gasteiger partial charge in [0.25, 0.3) is 11.5 Å². The SMILES string of the molecule is CC[C@H]1O[C@H](CC(=O)NCCOCCOCCCC(=O)CC[C@@H](C)NC(=O)c2ccc(N(Cc3cnc4nc(NCC(C)C)[nH]c(=O)c4n3)C(C)=O)cc2)CC1O. The molecule has 1 unspecified atom stereocenters. The summed E-state index contributed by atoms with van der Waals surface area (Å²) in [6.45, 7) is 11.8. The van der Waals surface area contributed by atoms with Gasteiger partial charge in [-0.2, -0.15) is 4.98 Å². The number of aromatic nitrogens is 4. The number of anilines is 2. The Hall–Kier alpha value is -4.84. The predicted molar refractivity (Wildman–Crippen MR) is 214 cm³/mol. The zero-order chi connectivity index (χ0) is 41.3. The van der Waals surface area contributed by atoms with E-state index in [4.69, 9.17) is 14.2 Å². The molecule has 0 radical (unpaired) electrons. The Morgan fingerprint density at radius 2 is 1.77 bits per heavy atom. The highest BCUT2D eigenvalue weighted by Gasteiger charge is 2.33. The second-order valence-corrected chi connectivity index (χ2v) is 14.7. The van der Waals surface area contributed by atoms with Gasteiger partial charge in [0, 0.05) is 63.2 Å². The van der Waals surface area contributed by atoms with Crippen LogP contribution in [0.3, 0.4) is 0 Å². The van der Waals surface area contributed by atoms with E-state index in [1.165, 1.54) is 18.0 Å². The van der Waals surface area contributed by atoms with Gasteiger partial charge >= 0.3 is 0 Å². The van der Waals surface area contributed by atoms with Crippen LogP contribution in [-0.2, 0) is 35.1 Å². The molecular formula is C40H58N8O9. The molecule has 1 fully saturated rings. The summed E-state index contributed by atoms with van der Waals surface area (Å²) in [5.41, 5.74) is 1.15. The lowest BCUT2D eigenvalue weighted by Crippen LogP contribution is -2.33. The molecule has 3 amide bonds. The average Bonchev–Trinajstić information content (AvgIpc) is 3.54. The monoisotopic (exact) mass is 794 g/mol. The van der Waals surface area contributed by atoms with Crippen LogP contribution in [0.4, 0.5) is 11.6 Å². The molecule has 57 heavy (non-hydrogen) atoms. The van der Waals surface area contributed by atoms with Crippen molar-refractivity contribution in [3.63, 3.8) is 0 Å². The first-order chi connectivity index (χ1) is 27.3. The number of aliphatic hydroxyl groups excluding tert-OH is 1. The first kappa shape index (κ1) is 44.9. The van der Waals surface area contributed by atoms with Crippen LogP contribution in [0.1, 0.15) is 95.6 Å². The maximum absolute atomic E-state index is 12.9. The Morgan fingerprint density at radius 1 is 1.04 bits per heavy atom. The summed E-state index contributed by atoms with van der Waals surface area (Å²) in [6.07, 6.45) is 3.68. The number of aromatic amines is 1. The van der Waals surface area contributed by atoms with E-state index in [1.54, 1.807) is 24.3 Å². The normalized spacial score (nSPS) is 17.1. The Kier molecular flexibility index (Phi) is 17.9. The minimum Gasteiger partial charge on any atom is -0.390 e. The van der Waals surface area contributed by atoms with Crippen LogP contribution in [0.25, 0.3) is 11.2 Å². The van der Waals surface area contributed by atoms with E-state index >= 15 is 0 Å². The van der Waals surface area contributed by atoms with Crippen LogP contribution in [0, 0.1) is 5.92 Å². The van der Waals surface area contributed by atoms with Crippen molar-refractivity contribution in [2.75, 3.05) is 49.7 Å². The molecule has 1 aliphatic rings. The molecule has 2 aromatic heterocycles. The number of fused-ring (bicyclic) bond motifs is 1. The van der Waals surface area contributed by atoms with E-state index in [-0.39, 0.29) is 65.9 Å². The molecule has 1 aromatic carbocycles. The third kappa shape index (κ3) is 14.9. The number of ketones is 1. The smallest absolute Gasteiger partial charge is 0.280 e. The van der Waals surface area contributed by atoms with E-state index in [9.17, 15) is 29.1 Å². The van der Waals surface area contributed by atoms with Gasteiger partial charge in [0.1, 0.15) is 5.78 Å². The van der Waals surface area contributed by atoms with Crippen LogP contribution >= 0.6 is 0 Å². The van der Waals surface area contributed by atoms with Gasteiger partial charge < -0.3 is 40.2 Å². The predicted octanol–water partition coefficient (Wildman–Crippen LogP) is 3.05. The van der Waals surface area contributed by atoms with Crippen LogP contribution < -0.4 is 26.4 Å². The van der Waals surface area contributed by atoms with Crippen LogP contribution in [-0.4, -0.2) is 112 Å². The van der Waals surface area contributed by atoms with Crippen molar-refractivity contribution in [2.24, 2.45) is 5.92 Å². The number of benzene rings is 1. The van der Waals surface area contributed by atoms with Crippen LogP contribution in [0.15, 0.2) is 35.3 Å². The van der Waals surface area contributed by atoms with E-state index in [2.05, 4.69) is 35.9 Å². The minimum absolute atomic E-state index is 0.0511. The van der Waals surface area contributed by atoms with Gasteiger partial charge in [-0.15, -0.1) is 0 Å². The van der Waals surface area contributed by atoms with Gasteiger partial charge in [0.05, 0.1) is 63.0 Å².